The lowest BCUT2D eigenvalue weighted by atomic mass is 10.0. The Morgan fingerprint density at radius 3 is 2.86 bits per heavy atom. The molecule has 1 fully saturated rings. The Morgan fingerprint density at radius 1 is 1.18 bits per heavy atom. The van der Waals surface area contributed by atoms with Gasteiger partial charge in [-0.3, -0.25) is 9.88 Å². The van der Waals surface area contributed by atoms with Gasteiger partial charge in [-0.25, -0.2) is 9.78 Å². The molecule has 0 aliphatic carbocycles. The van der Waals surface area contributed by atoms with Crippen molar-refractivity contribution in [3.8, 4) is 0 Å². The summed E-state index contributed by atoms with van der Waals surface area (Å²) in [6.07, 6.45) is 6.76. The van der Waals surface area contributed by atoms with Gasteiger partial charge in [-0.2, -0.15) is 0 Å². The molecule has 28 heavy (non-hydrogen) atoms. The van der Waals surface area contributed by atoms with Crippen LogP contribution in [0.2, 0.25) is 0 Å². The van der Waals surface area contributed by atoms with Gasteiger partial charge in [-0.15, -0.1) is 0 Å². The summed E-state index contributed by atoms with van der Waals surface area (Å²) in [5.41, 5.74) is 1.88. The number of nitrogens with zero attached hydrogens (tertiary/aromatic N) is 3. The Hall–Kier alpha value is -3.25. The number of carboxylic acid groups (broad SMARTS) is 1. The summed E-state index contributed by atoms with van der Waals surface area (Å²) in [7, 11) is 0. The van der Waals surface area contributed by atoms with Gasteiger partial charge in [-0.1, -0.05) is 42.5 Å². The number of carbonyl (C=O) groups is 1. The molecule has 2 aromatic carbocycles. The maximum Gasteiger partial charge on any atom is 0.328 e. The van der Waals surface area contributed by atoms with E-state index in [-0.39, 0.29) is 0 Å². The lowest BCUT2D eigenvalue weighted by molar-refractivity contribution is -0.131. The summed E-state index contributed by atoms with van der Waals surface area (Å²) in [4.78, 5) is 21.6. The predicted octanol–water partition coefficient (Wildman–Crippen LogP) is 3.41. The van der Waals surface area contributed by atoms with E-state index in [1.807, 2.05) is 0 Å². The zero-order valence-electron chi connectivity index (χ0n) is 15.5. The van der Waals surface area contributed by atoms with Gasteiger partial charge in [0.25, 0.3) is 0 Å². The van der Waals surface area contributed by atoms with E-state index >= 15 is 0 Å². The largest absolute Gasteiger partial charge is 0.478 e. The molecule has 1 saturated heterocycles. The fourth-order valence-corrected chi connectivity index (χ4v) is 3.63. The first kappa shape index (κ1) is 18.1. The quantitative estimate of drug-likeness (QED) is 0.644. The number of aromatic nitrogens is 2. The first-order valence-corrected chi connectivity index (χ1v) is 9.36. The summed E-state index contributed by atoms with van der Waals surface area (Å²) >= 11 is 0. The Balaban J connectivity index is 1.36. The molecule has 0 amide bonds. The fraction of sp³-hybridized carbons (Fsp3) is 0.227. The van der Waals surface area contributed by atoms with Gasteiger partial charge in [0.05, 0.1) is 18.1 Å². The molecule has 1 aromatic heterocycles. The molecule has 0 radical (unpaired) electrons. The third-order valence-corrected chi connectivity index (χ3v) is 4.97. The van der Waals surface area contributed by atoms with Crippen LogP contribution in [0.5, 0.6) is 0 Å². The second kappa shape index (κ2) is 8.19. The number of aliphatic carboxylic acids is 1. The number of nitrogens with one attached hydrogen (secondary N) is 1. The van der Waals surface area contributed by atoms with E-state index in [2.05, 4.69) is 62.6 Å². The van der Waals surface area contributed by atoms with Crippen LogP contribution >= 0.6 is 0 Å². The van der Waals surface area contributed by atoms with Gasteiger partial charge >= 0.3 is 5.97 Å². The Morgan fingerprint density at radius 2 is 2.04 bits per heavy atom. The Labute approximate surface area is 163 Å². The van der Waals surface area contributed by atoms with Crippen molar-refractivity contribution >= 4 is 28.6 Å². The van der Waals surface area contributed by atoms with E-state index in [9.17, 15) is 4.79 Å². The van der Waals surface area contributed by atoms with Crippen LogP contribution in [0.4, 0.5) is 5.82 Å². The maximum absolute atomic E-state index is 10.6. The number of fused-ring (bicyclic) bond motifs is 1. The minimum Gasteiger partial charge on any atom is -0.478 e. The maximum atomic E-state index is 10.6. The fourth-order valence-electron chi connectivity index (χ4n) is 3.63. The van der Waals surface area contributed by atoms with Crippen molar-refractivity contribution in [2.75, 3.05) is 18.4 Å². The van der Waals surface area contributed by atoms with Gasteiger partial charge in [0, 0.05) is 31.8 Å². The number of benzene rings is 2. The summed E-state index contributed by atoms with van der Waals surface area (Å²) in [6.45, 7) is 2.92. The van der Waals surface area contributed by atoms with Gasteiger partial charge in [0.2, 0.25) is 0 Å². The number of likely N-dealkylation sites (tertiary alicyclic amines) is 1. The van der Waals surface area contributed by atoms with Gasteiger partial charge in [0.1, 0.15) is 5.82 Å². The molecular formula is C22H22N4O2. The van der Waals surface area contributed by atoms with Gasteiger partial charge in [0.15, 0.2) is 0 Å². The first-order valence-electron chi connectivity index (χ1n) is 9.36. The summed E-state index contributed by atoms with van der Waals surface area (Å²) < 4.78 is 0. The standard InChI is InChI=1S/C22H22N4O2/c27-22(28)9-8-18-12-24-21(13-23-18)25-19-10-11-26(15-19)14-17-6-3-5-16-4-1-2-7-20(16)17/h1-9,12-13,19H,10-11,14-15H2,(H,24,25)(H,27,28)/b9-8+/t19-/m1/s1. The normalized spacial score (nSPS) is 17.4. The van der Waals surface area contributed by atoms with Crippen molar-refractivity contribution in [2.24, 2.45) is 0 Å². The van der Waals surface area contributed by atoms with E-state index < -0.39 is 5.97 Å². The minimum atomic E-state index is -0.999. The zero-order chi connectivity index (χ0) is 19.3. The van der Waals surface area contributed by atoms with E-state index in [4.69, 9.17) is 5.11 Å². The highest BCUT2D eigenvalue weighted by Gasteiger charge is 2.23. The molecule has 0 unspecified atom stereocenters. The highest BCUT2D eigenvalue weighted by molar-refractivity contribution is 5.85. The SMILES string of the molecule is O=C(O)/C=C/c1cnc(N[C@@H]2CCN(Cc3cccc4ccccc34)C2)cn1. The molecule has 0 saturated carbocycles. The zero-order valence-corrected chi connectivity index (χ0v) is 15.5. The van der Waals surface area contributed by atoms with Crippen LogP contribution < -0.4 is 5.32 Å². The van der Waals surface area contributed by atoms with Crippen LogP contribution in [0.1, 0.15) is 17.7 Å². The molecule has 6 heteroatoms. The number of carboxylic acids is 1. The average Bonchev–Trinajstić information content (AvgIpc) is 3.14. The van der Waals surface area contributed by atoms with Crippen LogP contribution in [0.3, 0.4) is 0 Å². The van der Waals surface area contributed by atoms with Crippen molar-refractivity contribution in [3.63, 3.8) is 0 Å². The summed E-state index contributed by atoms with van der Waals surface area (Å²) in [5.74, 6) is -0.286. The molecule has 1 atom stereocenters. The first-order chi connectivity index (χ1) is 13.7. The smallest absolute Gasteiger partial charge is 0.328 e. The number of hydrogen-bond acceptors (Lipinski definition) is 5. The van der Waals surface area contributed by atoms with Crippen molar-refractivity contribution in [2.45, 2.75) is 19.0 Å². The van der Waals surface area contributed by atoms with E-state index in [1.165, 1.54) is 22.4 Å². The van der Waals surface area contributed by atoms with Crippen LogP contribution in [-0.2, 0) is 11.3 Å². The van der Waals surface area contributed by atoms with Crippen molar-refractivity contribution in [1.82, 2.24) is 14.9 Å². The lowest BCUT2D eigenvalue weighted by Crippen LogP contribution is -2.26. The van der Waals surface area contributed by atoms with Crippen molar-refractivity contribution in [1.29, 1.82) is 0 Å². The summed E-state index contributed by atoms with van der Waals surface area (Å²) in [6, 6.07) is 15.3. The van der Waals surface area contributed by atoms with E-state index in [0.717, 1.165) is 32.1 Å². The molecule has 4 rings (SSSR count). The number of hydrogen-bond donors (Lipinski definition) is 2. The molecule has 3 aromatic rings. The molecule has 0 spiro atoms. The lowest BCUT2D eigenvalue weighted by Gasteiger charge is -2.18. The number of anilines is 1. The Bertz CT molecular complexity index is 996. The topological polar surface area (TPSA) is 78.3 Å². The van der Waals surface area contributed by atoms with Gasteiger partial charge < -0.3 is 10.4 Å². The molecule has 1 aliphatic heterocycles. The highest BCUT2D eigenvalue weighted by Crippen LogP contribution is 2.22. The molecule has 142 valence electrons. The molecule has 6 nitrogen and oxygen atoms in total. The third-order valence-electron chi connectivity index (χ3n) is 4.97. The number of rotatable bonds is 6. The van der Waals surface area contributed by atoms with Crippen LogP contribution in [0.15, 0.2) is 60.9 Å². The molecular weight excluding hydrogens is 352 g/mol. The molecule has 0 bridgehead atoms. The van der Waals surface area contributed by atoms with Crippen molar-refractivity contribution in [3.05, 3.63) is 72.2 Å². The average molecular weight is 374 g/mol. The van der Waals surface area contributed by atoms with Crippen LogP contribution in [0, 0.1) is 0 Å². The second-order valence-electron chi connectivity index (χ2n) is 7.00. The van der Waals surface area contributed by atoms with E-state index in [0.29, 0.717) is 17.6 Å². The molecule has 2 heterocycles. The predicted molar refractivity (Wildman–Crippen MR) is 110 cm³/mol. The third kappa shape index (κ3) is 4.35. The van der Waals surface area contributed by atoms with Crippen LogP contribution in [-0.4, -0.2) is 45.1 Å². The van der Waals surface area contributed by atoms with Gasteiger partial charge in [-0.05, 0) is 28.8 Å². The van der Waals surface area contributed by atoms with E-state index in [1.54, 1.807) is 12.4 Å². The Kier molecular flexibility index (Phi) is 5.30. The minimum absolute atomic E-state index is 0.324. The molecule has 1 aliphatic rings. The molecule has 2 N–H and O–H groups in total. The highest BCUT2D eigenvalue weighted by atomic mass is 16.4. The summed E-state index contributed by atoms with van der Waals surface area (Å²) in [5, 5.41) is 14.7. The second-order valence-corrected chi connectivity index (χ2v) is 7.00. The monoisotopic (exact) mass is 374 g/mol. The van der Waals surface area contributed by atoms with Crippen molar-refractivity contribution < 1.29 is 9.90 Å². The van der Waals surface area contributed by atoms with Crippen LogP contribution in [0.25, 0.3) is 16.8 Å².